The van der Waals surface area contributed by atoms with Gasteiger partial charge < -0.3 is 14.6 Å². The molecule has 5 nitrogen and oxygen atoms in total. The van der Waals surface area contributed by atoms with Crippen molar-refractivity contribution >= 4 is 15.9 Å². The van der Waals surface area contributed by atoms with Crippen LogP contribution < -0.4 is 5.32 Å². The van der Waals surface area contributed by atoms with Crippen molar-refractivity contribution in [2.24, 2.45) is 0 Å². The fourth-order valence-corrected chi connectivity index (χ4v) is 2.56. The van der Waals surface area contributed by atoms with Crippen molar-refractivity contribution in [2.75, 3.05) is 27.7 Å². The highest BCUT2D eigenvalue weighted by atomic mass is 79.9. The summed E-state index contributed by atoms with van der Waals surface area (Å²) in [6.45, 7) is 1.80. The second-order valence-corrected chi connectivity index (χ2v) is 5.54. The van der Waals surface area contributed by atoms with Gasteiger partial charge >= 0.3 is 0 Å². The molecule has 6 heteroatoms. The number of rotatable bonds is 6. The minimum atomic E-state index is 0.0674. The lowest BCUT2D eigenvalue weighted by Gasteiger charge is -2.18. The van der Waals surface area contributed by atoms with Crippen LogP contribution in [0.5, 0.6) is 0 Å². The number of nitrogens with zero attached hydrogens (tertiary/aromatic N) is 3. The molecule has 19 heavy (non-hydrogen) atoms. The van der Waals surface area contributed by atoms with Crippen molar-refractivity contribution < 1.29 is 4.42 Å². The van der Waals surface area contributed by atoms with Gasteiger partial charge in [-0.3, -0.25) is 4.68 Å². The lowest BCUT2D eigenvalue weighted by molar-refractivity contribution is 0.366. The number of hydrogen-bond acceptors (Lipinski definition) is 4. The van der Waals surface area contributed by atoms with E-state index in [2.05, 4.69) is 45.3 Å². The second-order valence-electron chi connectivity index (χ2n) is 4.68. The fraction of sp³-hybridized carbons (Fsp3) is 0.462. The van der Waals surface area contributed by atoms with Crippen LogP contribution >= 0.6 is 15.9 Å². The van der Waals surface area contributed by atoms with Crippen molar-refractivity contribution in [3.05, 3.63) is 40.5 Å². The molecule has 1 unspecified atom stereocenters. The van der Waals surface area contributed by atoms with E-state index in [9.17, 15) is 0 Å². The lowest BCUT2D eigenvalue weighted by atomic mass is 10.1. The zero-order valence-electron chi connectivity index (χ0n) is 11.4. The van der Waals surface area contributed by atoms with E-state index in [1.165, 1.54) is 0 Å². The minimum Gasteiger partial charge on any atom is -0.472 e. The number of furan rings is 1. The van der Waals surface area contributed by atoms with Gasteiger partial charge in [0.1, 0.15) is 0 Å². The Labute approximate surface area is 121 Å². The Morgan fingerprint density at radius 3 is 2.89 bits per heavy atom. The maximum Gasteiger partial charge on any atom is 0.0954 e. The van der Waals surface area contributed by atoms with Gasteiger partial charge in [0.15, 0.2) is 0 Å². The quantitative estimate of drug-likeness (QED) is 0.883. The van der Waals surface area contributed by atoms with Crippen molar-refractivity contribution in [1.82, 2.24) is 20.0 Å². The van der Waals surface area contributed by atoms with Crippen LogP contribution in [-0.2, 0) is 6.54 Å². The summed E-state index contributed by atoms with van der Waals surface area (Å²) < 4.78 is 8.21. The van der Waals surface area contributed by atoms with E-state index < -0.39 is 0 Å². The third kappa shape index (κ3) is 3.26. The van der Waals surface area contributed by atoms with Gasteiger partial charge in [0.25, 0.3) is 0 Å². The van der Waals surface area contributed by atoms with Gasteiger partial charge in [-0.15, -0.1) is 0 Å². The van der Waals surface area contributed by atoms with Crippen molar-refractivity contribution in [1.29, 1.82) is 0 Å². The molecule has 0 bridgehead atoms. The zero-order valence-corrected chi connectivity index (χ0v) is 13.0. The lowest BCUT2D eigenvalue weighted by Crippen LogP contribution is -2.25. The molecule has 0 saturated heterocycles. The first kappa shape index (κ1) is 14.3. The third-order valence-corrected chi connectivity index (χ3v) is 3.64. The molecule has 104 valence electrons. The van der Waals surface area contributed by atoms with Gasteiger partial charge in [-0.1, -0.05) is 0 Å². The Hall–Kier alpha value is -1.11. The summed E-state index contributed by atoms with van der Waals surface area (Å²) in [5.41, 5.74) is 2.21. The number of halogens is 1. The number of aromatic nitrogens is 2. The molecule has 0 aliphatic carbocycles. The maximum absolute atomic E-state index is 5.18. The molecule has 0 radical (unpaired) electrons. The minimum absolute atomic E-state index is 0.0674. The molecular weight excluding hydrogens is 308 g/mol. The average Bonchev–Trinajstić information content (AvgIpc) is 3.00. The van der Waals surface area contributed by atoms with Gasteiger partial charge in [-0.2, -0.15) is 5.10 Å². The van der Waals surface area contributed by atoms with Crippen molar-refractivity contribution in [3.8, 4) is 0 Å². The topological polar surface area (TPSA) is 46.2 Å². The summed E-state index contributed by atoms with van der Waals surface area (Å²) in [5, 5.41) is 7.75. The largest absolute Gasteiger partial charge is 0.472 e. The predicted octanol–water partition coefficient (Wildman–Crippen LogP) is 2.11. The molecule has 1 N–H and O–H groups in total. The monoisotopic (exact) mass is 326 g/mol. The van der Waals surface area contributed by atoms with E-state index in [1.54, 1.807) is 12.5 Å². The normalized spacial score (nSPS) is 13.1. The highest BCUT2D eigenvalue weighted by molar-refractivity contribution is 9.10. The molecule has 2 rings (SSSR count). The zero-order chi connectivity index (χ0) is 13.8. The van der Waals surface area contributed by atoms with Gasteiger partial charge in [-0.25, -0.2) is 0 Å². The average molecular weight is 327 g/mol. The van der Waals surface area contributed by atoms with Gasteiger partial charge in [0.05, 0.1) is 41.5 Å². The fourth-order valence-electron chi connectivity index (χ4n) is 2.03. The molecule has 0 spiro atoms. The predicted molar refractivity (Wildman–Crippen MR) is 78.1 cm³/mol. The van der Waals surface area contributed by atoms with Crippen molar-refractivity contribution in [3.63, 3.8) is 0 Å². The number of hydrogen-bond donors (Lipinski definition) is 1. The van der Waals surface area contributed by atoms with E-state index in [4.69, 9.17) is 4.42 Å². The van der Waals surface area contributed by atoms with Gasteiger partial charge in [0.2, 0.25) is 0 Å². The van der Waals surface area contributed by atoms with E-state index in [0.29, 0.717) is 0 Å². The van der Waals surface area contributed by atoms with E-state index in [1.807, 2.05) is 24.0 Å². The number of nitrogens with one attached hydrogen (secondary N) is 1. The maximum atomic E-state index is 5.18. The highest BCUT2D eigenvalue weighted by Crippen LogP contribution is 2.28. The molecule has 0 aliphatic heterocycles. The second kappa shape index (κ2) is 6.36. The van der Waals surface area contributed by atoms with E-state index in [0.717, 1.165) is 28.8 Å². The van der Waals surface area contributed by atoms with Crippen LogP contribution in [-0.4, -0.2) is 42.4 Å². The van der Waals surface area contributed by atoms with Crippen molar-refractivity contribution in [2.45, 2.75) is 12.6 Å². The van der Waals surface area contributed by atoms with E-state index in [-0.39, 0.29) is 6.04 Å². The van der Waals surface area contributed by atoms with Crippen LogP contribution in [0.25, 0.3) is 0 Å². The Morgan fingerprint density at radius 2 is 2.32 bits per heavy atom. The summed E-state index contributed by atoms with van der Waals surface area (Å²) in [6, 6.07) is 2.04. The van der Waals surface area contributed by atoms with Crippen LogP contribution in [0.3, 0.4) is 0 Å². The van der Waals surface area contributed by atoms with Gasteiger partial charge in [-0.05, 0) is 43.1 Å². The van der Waals surface area contributed by atoms with Crippen LogP contribution in [0.2, 0.25) is 0 Å². The standard InChI is InChI=1S/C13H19BrN4O/c1-15-12(10-4-7-19-9-10)13-11(14)8-16-18(13)6-5-17(2)3/h4,7-9,12,15H,5-6H2,1-3H3. The summed E-state index contributed by atoms with van der Waals surface area (Å²) in [7, 11) is 6.06. The summed E-state index contributed by atoms with van der Waals surface area (Å²) >= 11 is 3.58. The van der Waals surface area contributed by atoms with Crippen LogP contribution in [0.15, 0.2) is 33.7 Å². The molecule has 0 amide bonds. The molecule has 0 aliphatic rings. The number of likely N-dealkylation sites (N-methyl/N-ethyl adjacent to an activating group) is 1. The Balaban J connectivity index is 2.29. The molecule has 2 heterocycles. The first-order chi connectivity index (χ1) is 9.13. The van der Waals surface area contributed by atoms with Crippen LogP contribution in [0.4, 0.5) is 0 Å². The third-order valence-electron chi connectivity index (χ3n) is 3.03. The first-order valence-electron chi connectivity index (χ1n) is 6.18. The van der Waals surface area contributed by atoms with E-state index >= 15 is 0 Å². The van der Waals surface area contributed by atoms with Crippen LogP contribution in [0.1, 0.15) is 17.3 Å². The molecule has 0 aromatic carbocycles. The first-order valence-corrected chi connectivity index (χ1v) is 6.98. The SMILES string of the molecule is CNC(c1ccoc1)c1c(Br)cnn1CCN(C)C. The van der Waals surface area contributed by atoms with Crippen LogP contribution in [0, 0.1) is 0 Å². The molecule has 0 fully saturated rings. The molecule has 1 atom stereocenters. The summed E-state index contributed by atoms with van der Waals surface area (Å²) in [6.07, 6.45) is 5.29. The molecule has 2 aromatic rings. The highest BCUT2D eigenvalue weighted by Gasteiger charge is 2.21. The summed E-state index contributed by atoms with van der Waals surface area (Å²) in [5.74, 6) is 0. The molecule has 0 saturated carbocycles. The molecular formula is C13H19BrN4O. The Morgan fingerprint density at radius 1 is 1.53 bits per heavy atom. The van der Waals surface area contributed by atoms with Gasteiger partial charge in [0, 0.05) is 12.1 Å². The Kier molecular flexibility index (Phi) is 4.79. The molecule has 2 aromatic heterocycles. The summed E-state index contributed by atoms with van der Waals surface area (Å²) in [4.78, 5) is 2.14. The smallest absolute Gasteiger partial charge is 0.0954 e. The Bertz CT molecular complexity index is 507.